The fourth-order valence-electron chi connectivity index (χ4n) is 1.78. The summed E-state index contributed by atoms with van der Waals surface area (Å²) in [5.74, 6) is -0.717. The highest BCUT2D eigenvalue weighted by Gasteiger charge is 2.10. The number of rotatable bonds is 3. The third-order valence-electron chi connectivity index (χ3n) is 2.37. The van der Waals surface area contributed by atoms with Gasteiger partial charge in [-0.25, -0.2) is 4.98 Å². The number of aliphatic carboxylic acids is 1. The molecule has 2 aromatic rings. The maximum Gasteiger partial charge on any atom is 0.312 e. The SMILES string of the molecule is Cc1cc(C)cc(-c2coc(CC(=O)O)n2)c1. The molecule has 0 spiro atoms. The number of hydrogen-bond acceptors (Lipinski definition) is 3. The first-order chi connectivity index (χ1) is 8.04. The van der Waals surface area contributed by atoms with Crippen LogP contribution in [0.4, 0.5) is 0 Å². The fraction of sp³-hybridized carbons (Fsp3) is 0.231. The average Bonchev–Trinajstić information content (AvgIpc) is 2.63. The Morgan fingerprint density at radius 1 is 1.29 bits per heavy atom. The van der Waals surface area contributed by atoms with Gasteiger partial charge in [0.05, 0.1) is 0 Å². The van der Waals surface area contributed by atoms with Crippen LogP contribution in [-0.2, 0) is 11.2 Å². The summed E-state index contributed by atoms with van der Waals surface area (Å²) in [5, 5.41) is 8.63. The van der Waals surface area contributed by atoms with Crippen LogP contribution >= 0.6 is 0 Å². The van der Waals surface area contributed by atoms with E-state index in [1.165, 1.54) is 6.26 Å². The number of aryl methyl sites for hydroxylation is 2. The third kappa shape index (κ3) is 2.72. The molecule has 4 nitrogen and oxygen atoms in total. The molecule has 4 heteroatoms. The molecule has 88 valence electrons. The smallest absolute Gasteiger partial charge is 0.312 e. The largest absolute Gasteiger partial charge is 0.481 e. The first-order valence-corrected chi connectivity index (χ1v) is 5.29. The Kier molecular flexibility index (Phi) is 2.95. The fourth-order valence-corrected chi connectivity index (χ4v) is 1.78. The van der Waals surface area contributed by atoms with Gasteiger partial charge in [0.2, 0.25) is 5.89 Å². The minimum Gasteiger partial charge on any atom is -0.481 e. The maximum absolute atomic E-state index is 10.5. The van der Waals surface area contributed by atoms with E-state index in [1.54, 1.807) is 0 Å². The summed E-state index contributed by atoms with van der Waals surface area (Å²) in [7, 11) is 0. The highest BCUT2D eigenvalue weighted by molar-refractivity contribution is 5.69. The molecule has 17 heavy (non-hydrogen) atoms. The van der Waals surface area contributed by atoms with Crippen LogP contribution in [0.15, 0.2) is 28.9 Å². The molecule has 0 aliphatic rings. The van der Waals surface area contributed by atoms with Crippen molar-refractivity contribution >= 4 is 5.97 Å². The number of oxazole rings is 1. The van der Waals surface area contributed by atoms with Gasteiger partial charge in [-0.3, -0.25) is 4.79 Å². The van der Waals surface area contributed by atoms with Gasteiger partial charge in [-0.2, -0.15) is 0 Å². The number of benzene rings is 1. The molecule has 2 rings (SSSR count). The highest BCUT2D eigenvalue weighted by Crippen LogP contribution is 2.21. The second-order valence-electron chi connectivity index (χ2n) is 4.07. The van der Waals surface area contributed by atoms with Gasteiger partial charge in [0.15, 0.2) is 0 Å². The van der Waals surface area contributed by atoms with Crippen LogP contribution < -0.4 is 0 Å². The van der Waals surface area contributed by atoms with E-state index in [0.717, 1.165) is 16.7 Å². The zero-order valence-electron chi connectivity index (χ0n) is 9.73. The molecule has 0 unspecified atom stereocenters. The summed E-state index contributed by atoms with van der Waals surface area (Å²) in [6, 6.07) is 6.06. The molecule has 0 bridgehead atoms. The van der Waals surface area contributed by atoms with Crippen LogP contribution in [0.3, 0.4) is 0 Å². The van der Waals surface area contributed by atoms with Gasteiger partial charge in [-0.1, -0.05) is 17.2 Å². The maximum atomic E-state index is 10.5. The Morgan fingerprint density at radius 3 is 2.53 bits per heavy atom. The molecule has 1 heterocycles. The van der Waals surface area contributed by atoms with Crippen LogP contribution in [0, 0.1) is 13.8 Å². The van der Waals surface area contributed by atoms with Crippen molar-refractivity contribution in [1.29, 1.82) is 0 Å². The molecule has 1 aromatic carbocycles. The lowest BCUT2D eigenvalue weighted by molar-refractivity contribution is -0.136. The molecule has 0 saturated carbocycles. The lowest BCUT2D eigenvalue weighted by Gasteiger charge is -2.00. The van der Waals surface area contributed by atoms with Crippen molar-refractivity contribution in [1.82, 2.24) is 4.98 Å². The van der Waals surface area contributed by atoms with Crippen molar-refractivity contribution < 1.29 is 14.3 Å². The Balaban J connectivity index is 2.33. The van der Waals surface area contributed by atoms with Crippen molar-refractivity contribution in [3.05, 3.63) is 41.5 Å². The molecule has 1 aromatic heterocycles. The molecule has 0 aliphatic carbocycles. The number of carbonyl (C=O) groups is 1. The predicted octanol–water partition coefficient (Wildman–Crippen LogP) is 2.59. The summed E-state index contributed by atoms with van der Waals surface area (Å²) in [5.41, 5.74) is 3.90. The zero-order valence-corrected chi connectivity index (χ0v) is 9.73. The Labute approximate surface area is 98.9 Å². The Bertz CT molecular complexity index is 537. The molecule has 1 N–H and O–H groups in total. The van der Waals surface area contributed by atoms with E-state index in [-0.39, 0.29) is 12.3 Å². The van der Waals surface area contributed by atoms with Gasteiger partial charge in [0.25, 0.3) is 0 Å². The van der Waals surface area contributed by atoms with Crippen molar-refractivity contribution in [3.63, 3.8) is 0 Å². The first-order valence-electron chi connectivity index (χ1n) is 5.29. The number of aromatic nitrogens is 1. The molecule has 0 fully saturated rings. The van der Waals surface area contributed by atoms with Gasteiger partial charge in [-0.15, -0.1) is 0 Å². The minimum absolute atomic E-state index is 0.190. The van der Waals surface area contributed by atoms with Crippen LogP contribution in [0.5, 0.6) is 0 Å². The lowest BCUT2D eigenvalue weighted by atomic mass is 10.1. The minimum atomic E-state index is -0.946. The van der Waals surface area contributed by atoms with Crippen LogP contribution in [0.1, 0.15) is 17.0 Å². The van der Waals surface area contributed by atoms with Gasteiger partial charge in [0.1, 0.15) is 18.4 Å². The lowest BCUT2D eigenvalue weighted by Crippen LogP contribution is -1.99. The summed E-state index contributed by atoms with van der Waals surface area (Å²) >= 11 is 0. The standard InChI is InChI=1S/C13H13NO3/c1-8-3-9(2)5-10(4-8)11-7-17-12(14-11)6-13(15)16/h3-5,7H,6H2,1-2H3,(H,15,16). The van der Waals surface area contributed by atoms with Crippen molar-refractivity contribution in [3.8, 4) is 11.3 Å². The normalized spacial score (nSPS) is 10.5. The van der Waals surface area contributed by atoms with Gasteiger partial charge in [-0.05, 0) is 26.0 Å². The molecule has 0 radical (unpaired) electrons. The quantitative estimate of drug-likeness (QED) is 0.881. The average molecular weight is 231 g/mol. The van der Waals surface area contributed by atoms with Crippen LogP contribution in [0.25, 0.3) is 11.3 Å². The zero-order chi connectivity index (χ0) is 12.4. The second-order valence-corrected chi connectivity index (χ2v) is 4.07. The predicted molar refractivity (Wildman–Crippen MR) is 62.8 cm³/mol. The van der Waals surface area contributed by atoms with Gasteiger partial charge < -0.3 is 9.52 Å². The highest BCUT2D eigenvalue weighted by atomic mass is 16.4. The van der Waals surface area contributed by atoms with Gasteiger partial charge in [0, 0.05) is 5.56 Å². The van der Waals surface area contributed by atoms with Crippen LogP contribution in [-0.4, -0.2) is 16.1 Å². The second kappa shape index (κ2) is 4.41. The Hall–Kier alpha value is -2.10. The van der Waals surface area contributed by atoms with E-state index in [9.17, 15) is 4.79 Å². The monoisotopic (exact) mass is 231 g/mol. The van der Waals surface area contributed by atoms with Crippen LogP contribution in [0.2, 0.25) is 0 Å². The molecular formula is C13H13NO3. The summed E-state index contributed by atoms with van der Waals surface area (Å²) in [4.78, 5) is 14.7. The third-order valence-corrected chi connectivity index (χ3v) is 2.37. The molecular weight excluding hydrogens is 218 g/mol. The summed E-state index contributed by atoms with van der Waals surface area (Å²) in [6.07, 6.45) is 1.30. The van der Waals surface area contributed by atoms with E-state index < -0.39 is 5.97 Å². The molecule has 0 atom stereocenters. The topological polar surface area (TPSA) is 63.3 Å². The molecule has 0 aliphatic heterocycles. The van der Waals surface area contributed by atoms with E-state index in [1.807, 2.05) is 26.0 Å². The first kappa shape index (κ1) is 11.4. The molecule has 0 amide bonds. The molecule has 0 saturated heterocycles. The van der Waals surface area contributed by atoms with E-state index in [2.05, 4.69) is 11.1 Å². The van der Waals surface area contributed by atoms with Crippen molar-refractivity contribution in [2.45, 2.75) is 20.3 Å². The summed E-state index contributed by atoms with van der Waals surface area (Å²) < 4.78 is 5.12. The van der Waals surface area contributed by atoms with Gasteiger partial charge >= 0.3 is 5.97 Å². The van der Waals surface area contributed by atoms with Crippen molar-refractivity contribution in [2.24, 2.45) is 0 Å². The summed E-state index contributed by atoms with van der Waals surface area (Å²) in [6.45, 7) is 4.02. The van der Waals surface area contributed by atoms with Crippen molar-refractivity contribution in [2.75, 3.05) is 0 Å². The number of carboxylic acid groups (broad SMARTS) is 1. The van der Waals surface area contributed by atoms with E-state index >= 15 is 0 Å². The number of carboxylic acids is 1. The number of hydrogen-bond donors (Lipinski definition) is 1. The number of nitrogens with zero attached hydrogens (tertiary/aromatic N) is 1. The van der Waals surface area contributed by atoms with E-state index in [0.29, 0.717) is 5.69 Å². The Morgan fingerprint density at radius 2 is 1.94 bits per heavy atom. The van der Waals surface area contributed by atoms with E-state index in [4.69, 9.17) is 9.52 Å².